The molecule has 14 nitrogen and oxygen atoms in total. The summed E-state index contributed by atoms with van der Waals surface area (Å²) < 4.78 is 16.9. The van der Waals surface area contributed by atoms with Crippen molar-refractivity contribution in [2.45, 2.75) is 38.7 Å². The van der Waals surface area contributed by atoms with Crippen LogP contribution in [0.5, 0.6) is 0 Å². The van der Waals surface area contributed by atoms with Crippen LogP contribution >= 0.6 is 18.2 Å². The second-order valence-corrected chi connectivity index (χ2v) is 18.8. The molecule has 0 saturated carbocycles. The van der Waals surface area contributed by atoms with Gasteiger partial charge in [0.15, 0.2) is 0 Å². The van der Waals surface area contributed by atoms with Gasteiger partial charge in [0.2, 0.25) is 0 Å². The first kappa shape index (κ1) is 41.1. The number of ether oxygens (including phenoxy) is 3. The van der Waals surface area contributed by atoms with Gasteiger partial charge >= 0.3 is 322 Å². The third kappa shape index (κ3) is 7.63. The molecule has 0 spiro atoms. The number of para-hydroxylation sites is 2. The Balaban J connectivity index is 1.43. The zero-order valence-corrected chi connectivity index (χ0v) is 32.6. The molecule has 0 bridgehead atoms. The molecule has 5 aromatic rings. The Morgan fingerprint density at radius 3 is 1.53 bits per heavy atom. The van der Waals surface area contributed by atoms with Crippen LogP contribution in [0.15, 0.2) is 140 Å². The fourth-order valence-electron chi connectivity index (χ4n) is 7.66. The van der Waals surface area contributed by atoms with Crippen LogP contribution in [0.1, 0.15) is 24.5 Å². The van der Waals surface area contributed by atoms with Gasteiger partial charge in [-0.1, -0.05) is 6.07 Å². The number of β-lactam (4-membered cyclic amide) rings is 1. The Morgan fingerprint density at radius 2 is 1.10 bits per heavy atom. The van der Waals surface area contributed by atoms with Crippen molar-refractivity contribution in [1.29, 1.82) is 0 Å². The molecule has 298 valence electrons. The third-order valence-electron chi connectivity index (χ3n) is 10.4. The summed E-state index contributed by atoms with van der Waals surface area (Å²) in [7, 11) is 0. The van der Waals surface area contributed by atoms with E-state index in [-0.39, 0.29) is 35.2 Å². The molecule has 5 aromatic carbocycles. The van der Waals surface area contributed by atoms with Gasteiger partial charge in [-0.25, -0.2) is 0 Å². The van der Waals surface area contributed by atoms with E-state index in [1.54, 1.807) is 103 Å². The number of hydrogen-bond donors (Lipinski definition) is 0. The van der Waals surface area contributed by atoms with Gasteiger partial charge in [0.25, 0.3) is 0 Å². The van der Waals surface area contributed by atoms with Crippen LogP contribution in [0, 0.1) is 26.1 Å². The van der Waals surface area contributed by atoms with E-state index in [2.05, 4.69) is 0 Å². The van der Waals surface area contributed by atoms with Gasteiger partial charge in [-0.2, -0.15) is 0 Å². The molecule has 0 aromatic heterocycles. The minimum atomic E-state index is -4.82. The van der Waals surface area contributed by atoms with Crippen LogP contribution in [0.4, 0.5) is 21.0 Å². The molecular weight excluding hydrogens is 789 g/mol. The van der Waals surface area contributed by atoms with Crippen LogP contribution in [-0.4, -0.2) is 56.2 Å². The number of carbonyl (C=O) groups is 4. The Hall–Kier alpha value is -6.50. The maximum absolute atomic E-state index is 15.7. The zero-order chi connectivity index (χ0) is 41.5. The van der Waals surface area contributed by atoms with Gasteiger partial charge in [0.05, 0.1) is 0 Å². The van der Waals surface area contributed by atoms with E-state index in [4.69, 9.17) is 25.8 Å². The third-order valence-corrected chi connectivity index (χ3v) is 16.7. The normalized spacial score (nSPS) is 16.1. The average Bonchev–Trinajstić information content (AvgIpc) is 3.23. The first-order valence-corrected chi connectivity index (χ1v) is 20.8. The first-order valence-electron chi connectivity index (χ1n) is 18.0. The number of benzene rings is 5. The van der Waals surface area contributed by atoms with E-state index in [0.29, 0.717) is 15.9 Å². The summed E-state index contributed by atoms with van der Waals surface area (Å²) in [6.07, 6.45) is -3.08. The average molecular weight is 826 g/mol. The number of nitro groups is 2. The number of hydrogen-bond acceptors (Lipinski definition) is 11. The molecule has 1 saturated heterocycles. The molecule has 1 aliphatic rings. The number of nitrogens with zero attached hydrogens (tertiary/aromatic N) is 3. The Bertz CT molecular complexity index is 2250. The molecule has 0 aliphatic carbocycles. The molecule has 1 heterocycles. The predicted octanol–water partition coefficient (Wildman–Crippen LogP) is 7.35. The van der Waals surface area contributed by atoms with Crippen molar-refractivity contribution in [3.05, 3.63) is 171 Å². The van der Waals surface area contributed by atoms with Crippen LogP contribution in [-0.2, 0) is 37.0 Å². The summed E-state index contributed by atoms with van der Waals surface area (Å²) in [5.41, 5.74) is -0.979. The SMILES string of the molecule is C[C@H](OC(=O)OCc1ccccc1[N+](=O)[O-])[C@H]1C(=O)N(CP(C(=O)OCc2ccccc2[N+](=O)[O-])(c2ccccc2)(c2ccccc2)c2ccccc2)[C@@H]1CC(=O)Cl. The summed E-state index contributed by atoms with van der Waals surface area (Å²) in [6.45, 7) is -4.32. The molecular formula is C42H37ClN3O11P. The van der Waals surface area contributed by atoms with E-state index in [0.717, 1.165) is 0 Å². The van der Waals surface area contributed by atoms with Gasteiger partial charge in [-0.05, 0) is 0 Å². The summed E-state index contributed by atoms with van der Waals surface area (Å²) in [5.74, 6) is -1.68. The Morgan fingerprint density at radius 1 is 0.690 bits per heavy atom. The number of likely N-dealkylation sites (tertiary alicyclic amines) is 1. The van der Waals surface area contributed by atoms with E-state index >= 15 is 4.79 Å². The van der Waals surface area contributed by atoms with E-state index < -0.39 is 70.7 Å². The predicted molar refractivity (Wildman–Crippen MR) is 217 cm³/mol. The van der Waals surface area contributed by atoms with Crippen molar-refractivity contribution < 1.29 is 43.2 Å². The molecule has 1 aliphatic heterocycles. The van der Waals surface area contributed by atoms with E-state index in [9.17, 15) is 34.6 Å². The van der Waals surface area contributed by atoms with E-state index in [1.807, 2.05) is 0 Å². The fourth-order valence-corrected chi connectivity index (χ4v) is 13.8. The minimum absolute atomic E-state index is 0.122. The van der Waals surface area contributed by atoms with Crippen molar-refractivity contribution in [1.82, 2.24) is 4.90 Å². The van der Waals surface area contributed by atoms with Crippen LogP contribution in [0.2, 0.25) is 0 Å². The molecule has 0 unspecified atom stereocenters. The van der Waals surface area contributed by atoms with Crippen molar-refractivity contribution in [3.8, 4) is 0 Å². The molecule has 6 rings (SSSR count). The molecule has 0 N–H and O–H groups in total. The first-order chi connectivity index (χ1) is 27.9. The second-order valence-electron chi connectivity index (χ2n) is 13.6. The molecule has 16 heteroatoms. The monoisotopic (exact) mass is 825 g/mol. The molecule has 58 heavy (non-hydrogen) atoms. The summed E-state index contributed by atoms with van der Waals surface area (Å²) in [6, 6.07) is 37.1. The van der Waals surface area contributed by atoms with Gasteiger partial charge in [0.1, 0.15) is 0 Å². The van der Waals surface area contributed by atoms with Gasteiger partial charge in [-0.3, -0.25) is 10.1 Å². The van der Waals surface area contributed by atoms with Crippen molar-refractivity contribution >= 4 is 68.5 Å². The molecule has 0 radical (unpaired) electrons. The van der Waals surface area contributed by atoms with Gasteiger partial charge in [-0.15, -0.1) is 0 Å². The summed E-state index contributed by atoms with van der Waals surface area (Å²) in [5, 5.41) is 24.1. The van der Waals surface area contributed by atoms with Crippen LogP contribution in [0.3, 0.4) is 0 Å². The number of amides is 1. The van der Waals surface area contributed by atoms with Crippen molar-refractivity contribution in [2.24, 2.45) is 5.92 Å². The molecule has 3 atom stereocenters. The van der Waals surface area contributed by atoms with Crippen LogP contribution < -0.4 is 15.9 Å². The molecule has 1 fully saturated rings. The number of rotatable bonds is 16. The number of carbonyl (C=O) groups excluding carboxylic acids is 4. The summed E-state index contributed by atoms with van der Waals surface area (Å²) in [4.78, 5) is 79.5. The number of nitro benzene ring substituents is 2. The van der Waals surface area contributed by atoms with E-state index in [1.165, 1.54) is 48.2 Å². The second kappa shape index (κ2) is 17.3. The number of halogens is 1. The van der Waals surface area contributed by atoms with Gasteiger partial charge in [0, 0.05) is 0 Å². The Labute approximate surface area is 337 Å². The zero-order valence-electron chi connectivity index (χ0n) is 31.0. The Kier molecular flexibility index (Phi) is 12.3. The van der Waals surface area contributed by atoms with Crippen molar-refractivity contribution in [2.75, 3.05) is 6.29 Å². The fraction of sp³-hybridized carbons (Fsp3) is 0.190. The van der Waals surface area contributed by atoms with Crippen LogP contribution in [0.25, 0.3) is 0 Å². The topological polar surface area (TPSA) is 185 Å². The summed E-state index contributed by atoms with van der Waals surface area (Å²) >= 11 is 6.01. The quantitative estimate of drug-likeness (QED) is 0.0242. The van der Waals surface area contributed by atoms with Gasteiger partial charge < -0.3 is 0 Å². The molecule has 1 amide bonds. The van der Waals surface area contributed by atoms with Crippen molar-refractivity contribution in [3.63, 3.8) is 0 Å². The maximum atomic E-state index is 15.7. The standard InChI is InChI=1S/C42H37ClN3O11P/c1-29(57-41(49)55-26-30-15-11-13-23-35(30)45(51)52)39-37(25-38(43)47)44(40(39)48)28-58(32-17-5-2-6-18-32,33-19-7-3-8-20-33,34-21-9-4-10-22-34)42(50)56-27-31-16-12-14-24-36(31)46(53)54/h2-24,29,37,39H,25-28H2,1H3/t29-,37+,39+/m0/s1.